The minimum atomic E-state index is -4.47. The van der Waals surface area contributed by atoms with E-state index in [0.717, 1.165) is 12.1 Å². The summed E-state index contributed by atoms with van der Waals surface area (Å²) in [6.45, 7) is 0. The molecule has 0 bridgehead atoms. The fourth-order valence-electron chi connectivity index (χ4n) is 1.21. The zero-order valence-electron chi connectivity index (χ0n) is 12.1. The fraction of sp³-hybridized carbons (Fsp3) is 0.417. The number of hydrazine groups is 1. The van der Waals surface area contributed by atoms with Crippen molar-refractivity contribution in [1.82, 2.24) is 0 Å². The normalized spacial score (nSPS) is 10.3. The number of nitrogen functional groups attached to an aromatic ring is 1. The number of methoxy groups -OCH3 is 2. The Morgan fingerprint density at radius 1 is 1.26 bits per heavy atom. The van der Waals surface area contributed by atoms with Gasteiger partial charge in [0.15, 0.2) is 6.29 Å². The number of nitrogens with two attached hydrogens (primary N) is 1. The summed E-state index contributed by atoms with van der Waals surface area (Å²) in [5.74, 6) is 5.01. The molecule has 1 aromatic carbocycles. The van der Waals surface area contributed by atoms with E-state index in [1.165, 1.54) is 14.2 Å². The molecule has 0 unspecified atom stereocenters. The molecule has 23 heavy (non-hydrogen) atoms. The molecule has 3 N–H and O–H groups in total. The predicted molar refractivity (Wildman–Crippen MR) is 84.6 cm³/mol. The number of hydrogen-bond acceptors (Lipinski definition) is 5. The SMILES string of the molecule is COC(CC#N)OC.Cl.NNc1c(Cl)cc(C(F)(F)F)cc1Cl. The van der Waals surface area contributed by atoms with E-state index in [1.54, 1.807) is 0 Å². The van der Waals surface area contributed by atoms with Gasteiger partial charge in [-0.1, -0.05) is 23.2 Å². The Hall–Kier alpha value is -0.950. The molecule has 11 heteroatoms. The van der Waals surface area contributed by atoms with Gasteiger partial charge in [0.1, 0.15) is 0 Å². The second-order valence-electron chi connectivity index (χ2n) is 3.72. The Morgan fingerprint density at radius 2 is 1.70 bits per heavy atom. The molecule has 1 rings (SSSR count). The molecule has 0 aliphatic heterocycles. The van der Waals surface area contributed by atoms with Crippen LogP contribution in [-0.4, -0.2) is 20.5 Å². The van der Waals surface area contributed by atoms with Crippen LogP contribution in [0.4, 0.5) is 18.9 Å². The summed E-state index contributed by atoms with van der Waals surface area (Å²) < 4.78 is 46.0. The fourth-order valence-corrected chi connectivity index (χ4v) is 1.81. The summed E-state index contributed by atoms with van der Waals surface area (Å²) >= 11 is 11.0. The molecule has 0 fully saturated rings. The first-order valence-corrected chi connectivity index (χ1v) is 6.42. The minimum Gasteiger partial charge on any atom is -0.355 e. The van der Waals surface area contributed by atoms with E-state index in [4.69, 9.17) is 43.8 Å². The monoisotopic (exact) mass is 395 g/mol. The van der Waals surface area contributed by atoms with Crippen LogP contribution in [0.25, 0.3) is 0 Å². The Labute approximate surface area is 147 Å². The maximum atomic E-state index is 12.2. The predicted octanol–water partition coefficient (Wildman–Crippen LogP) is 4.24. The highest BCUT2D eigenvalue weighted by Gasteiger charge is 2.31. The van der Waals surface area contributed by atoms with E-state index >= 15 is 0 Å². The lowest BCUT2D eigenvalue weighted by Crippen LogP contribution is -2.10. The van der Waals surface area contributed by atoms with Crippen LogP contribution in [0.5, 0.6) is 0 Å². The zero-order valence-corrected chi connectivity index (χ0v) is 14.4. The van der Waals surface area contributed by atoms with Crippen molar-refractivity contribution in [3.8, 4) is 6.07 Å². The standard InChI is InChI=1S/C7H5Cl2F3N2.C5H9NO2.ClH/c8-4-1-3(7(10,11)12)2-5(9)6(4)14-13;1-7-5(8-2)3-4-6;/h1-2,14H,13H2;5H,3H2,1-2H3;1H. The number of nitrogens with zero attached hydrogens (tertiary/aromatic N) is 1. The highest BCUT2D eigenvalue weighted by molar-refractivity contribution is 6.39. The molecule has 0 saturated heterocycles. The maximum absolute atomic E-state index is 12.2. The number of nitrogens with one attached hydrogen (secondary N) is 1. The van der Waals surface area contributed by atoms with Crippen LogP contribution < -0.4 is 11.3 Å². The molecule has 0 atom stereocenters. The summed E-state index contributed by atoms with van der Waals surface area (Å²) in [6.07, 6.45) is -4.55. The average Bonchev–Trinajstić information content (AvgIpc) is 2.44. The Morgan fingerprint density at radius 3 is 1.91 bits per heavy atom. The van der Waals surface area contributed by atoms with Gasteiger partial charge in [-0.05, 0) is 12.1 Å². The van der Waals surface area contributed by atoms with Crippen molar-refractivity contribution in [2.45, 2.75) is 18.9 Å². The molecule has 0 saturated carbocycles. The van der Waals surface area contributed by atoms with E-state index in [-0.39, 0.29) is 40.9 Å². The van der Waals surface area contributed by atoms with Gasteiger partial charge in [0, 0.05) is 14.2 Å². The number of rotatable bonds is 4. The quantitative estimate of drug-likeness (QED) is 0.452. The highest BCUT2D eigenvalue weighted by Crippen LogP contribution is 2.37. The van der Waals surface area contributed by atoms with E-state index in [2.05, 4.69) is 5.43 Å². The molecule has 0 radical (unpaired) electrons. The van der Waals surface area contributed by atoms with E-state index in [9.17, 15) is 13.2 Å². The third kappa shape index (κ3) is 8.46. The lowest BCUT2D eigenvalue weighted by molar-refractivity contribution is -0.137. The first-order valence-electron chi connectivity index (χ1n) is 5.66. The van der Waals surface area contributed by atoms with Gasteiger partial charge < -0.3 is 14.9 Å². The topological polar surface area (TPSA) is 80.3 Å². The smallest absolute Gasteiger partial charge is 0.355 e. The first-order chi connectivity index (χ1) is 10.2. The molecule has 0 amide bonds. The van der Waals surface area contributed by atoms with Crippen molar-refractivity contribution < 1.29 is 22.6 Å². The summed E-state index contributed by atoms with van der Waals surface area (Å²) in [7, 11) is 3.01. The van der Waals surface area contributed by atoms with Crippen LogP contribution in [0.3, 0.4) is 0 Å². The Kier molecular flexibility index (Phi) is 12.2. The molecule has 0 heterocycles. The first kappa shape index (κ1) is 24.3. The number of ether oxygens (including phenoxy) is 2. The van der Waals surface area contributed by atoms with Crippen molar-refractivity contribution in [2.75, 3.05) is 19.6 Å². The van der Waals surface area contributed by atoms with Crippen LogP contribution >= 0.6 is 35.6 Å². The van der Waals surface area contributed by atoms with E-state index in [0.29, 0.717) is 0 Å². The maximum Gasteiger partial charge on any atom is 0.416 e. The Balaban J connectivity index is 0. The van der Waals surface area contributed by atoms with E-state index in [1.807, 2.05) is 6.07 Å². The van der Waals surface area contributed by atoms with Gasteiger partial charge in [-0.25, -0.2) is 0 Å². The summed E-state index contributed by atoms with van der Waals surface area (Å²) in [5.41, 5.74) is 1.27. The van der Waals surface area contributed by atoms with Crippen LogP contribution in [0.2, 0.25) is 10.0 Å². The summed E-state index contributed by atoms with van der Waals surface area (Å²) in [4.78, 5) is 0. The molecule has 0 spiro atoms. The second-order valence-corrected chi connectivity index (χ2v) is 4.53. The Bertz CT molecular complexity index is 497. The lowest BCUT2D eigenvalue weighted by Gasteiger charge is -2.11. The largest absolute Gasteiger partial charge is 0.416 e. The van der Waals surface area contributed by atoms with E-state index < -0.39 is 11.7 Å². The lowest BCUT2D eigenvalue weighted by atomic mass is 10.2. The number of alkyl halides is 3. The van der Waals surface area contributed by atoms with Gasteiger partial charge >= 0.3 is 6.18 Å². The minimum absolute atomic E-state index is 0. The molecule has 0 aliphatic rings. The van der Waals surface area contributed by atoms with Crippen molar-refractivity contribution in [1.29, 1.82) is 5.26 Å². The van der Waals surface area contributed by atoms with Gasteiger partial charge in [0.05, 0.1) is 33.8 Å². The van der Waals surface area contributed by atoms with Gasteiger partial charge in [0.2, 0.25) is 0 Å². The van der Waals surface area contributed by atoms with Crippen molar-refractivity contribution in [3.05, 3.63) is 27.7 Å². The van der Waals surface area contributed by atoms with Crippen molar-refractivity contribution in [2.24, 2.45) is 5.84 Å². The van der Waals surface area contributed by atoms with Crippen molar-refractivity contribution >= 4 is 41.3 Å². The highest BCUT2D eigenvalue weighted by atomic mass is 35.5. The average molecular weight is 397 g/mol. The third-order valence-corrected chi connectivity index (χ3v) is 2.89. The number of benzene rings is 1. The summed E-state index contributed by atoms with van der Waals surface area (Å²) in [6, 6.07) is 3.42. The zero-order chi connectivity index (χ0) is 17.3. The third-order valence-electron chi connectivity index (χ3n) is 2.30. The number of halogens is 6. The van der Waals surface area contributed by atoms with Crippen LogP contribution in [0, 0.1) is 11.3 Å². The van der Waals surface area contributed by atoms with Crippen LogP contribution in [-0.2, 0) is 15.7 Å². The molecule has 0 aliphatic carbocycles. The molecule has 0 aromatic heterocycles. The van der Waals surface area contributed by atoms with Gasteiger partial charge in [-0.2, -0.15) is 18.4 Å². The molecule has 5 nitrogen and oxygen atoms in total. The number of hydrogen-bond donors (Lipinski definition) is 2. The van der Waals surface area contributed by atoms with Crippen LogP contribution in [0.1, 0.15) is 12.0 Å². The van der Waals surface area contributed by atoms with Gasteiger partial charge in [-0.15, -0.1) is 12.4 Å². The number of anilines is 1. The summed E-state index contributed by atoms with van der Waals surface area (Å²) in [5, 5.41) is 7.74. The number of nitriles is 1. The van der Waals surface area contributed by atoms with Gasteiger partial charge in [-0.3, -0.25) is 5.84 Å². The van der Waals surface area contributed by atoms with Crippen LogP contribution in [0.15, 0.2) is 12.1 Å². The molecular weight excluding hydrogens is 382 g/mol. The second kappa shape index (κ2) is 11.6. The molecular formula is C12H15Cl3F3N3O2. The molecule has 1 aromatic rings. The van der Waals surface area contributed by atoms with Gasteiger partial charge in [0.25, 0.3) is 0 Å². The van der Waals surface area contributed by atoms with Crippen molar-refractivity contribution in [3.63, 3.8) is 0 Å². The molecule has 132 valence electrons.